The highest BCUT2D eigenvalue weighted by Crippen LogP contribution is 2.14. The molecule has 0 radical (unpaired) electrons. The summed E-state index contributed by atoms with van der Waals surface area (Å²) in [7, 11) is 1.81. The Morgan fingerprint density at radius 2 is 2.06 bits per heavy atom. The first-order valence-electron chi connectivity index (χ1n) is 6.08. The molecule has 102 valence electrons. The third-order valence-corrected chi connectivity index (χ3v) is 2.09. The molecule has 2 N–H and O–H groups in total. The summed E-state index contributed by atoms with van der Waals surface area (Å²) in [5, 5.41) is 12.4. The van der Waals surface area contributed by atoms with Crippen LogP contribution in [-0.4, -0.2) is 52.9 Å². The number of nitrogens with zero attached hydrogens (tertiary/aromatic N) is 4. The summed E-state index contributed by atoms with van der Waals surface area (Å²) in [6.45, 7) is 7.21. The Morgan fingerprint density at radius 3 is 2.61 bits per heavy atom. The molecule has 0 amide bonds. The standard InChI is InChI=1S/C11H21N5O2/c1-5-12-9-13-10(16(4)7-8(3)17)15-11(14-9)18-6-2/h8,17H,5-7H2,1-4H3,(H,12,13,14,15). The van der Waals surface area contributed by atoms with Crippen molar-refractivity contribution < 1.29 is 9.84 Å². The van der Waals surface area contributed by atoms with Gasteiger partial charge in [0.1, 0.15) is 0 Å². The zero-order chi connectivity index (χ0) is 13.5. The predicted octanol–water partition coefficient (Wildman–Crippen LogP) is 0.519. The second-order valence-electron chi connectivity index (χ2n) is 3.93. The molecule has 0 aliphatic carbocycles. The Labute approximate surface area is 107 Å². The minimum atomic E-state index is -0.454. The molecule has 1 rings (SSSR count). The Bertz CT molecular complexity index is 348. The van der Waals surface area contributed by atoms with Gasteiger partial charge in [-0.1, -0.05) is 0 Å². The third-order valence-electron chi connectivity index (χ3n) is 2.09. The monoisotopic (exact) mass is 255 g/mol. The summed E-state index contributed by atoms with van der Waals surface area (Å²) in [6, 6.07) is 0.288. The average molecular weight is 255 g/mol. The lowest BCUT2D eigenvalue weighted by molar-refractivity contribution is 0.201. The van der Waals surface area contributed by atoms with Crippen molar-refractivity contribution in [2.45, 2.75) is 26.9 Å². The van der Waals surface area contributed by atoms with Crippen LogP contribution in [0.2, 0.25) is 0 Å². The lowest BCUT2D eigenvalue weighted by Gasteiger charge is -2.19. The van der Waals surface area contributed by atoms with Crippen molar-refractivity contribution in [1.82, 2.24) is 15.0 Å². The summed E-state index contributed by atoms with van der Waals surface area (Å²) >= 11 is 0. The van der Waals surface area contributed by atoms with Crippen LogP contribution < -0.4 is 15.0 Å². The highest BCUT2D eigenvalue weighted by Gasteiger charge is 2.12. The quantitative estimate of drug-likeness (QED) is 0.734. The Kier molecular flexibility index (Phi) is 5.57. The summed E-state index contributed by atoms with van der Waals surface area (Å²) in [6.07, 6.45) is -0.454. The van der Waals surface area contributed by atoms with Gasteiger partial charge in [-0.05, 0) is 20.8 Å². The van der Waals surface area contributed by atoms with Gasteiger partial charge in [-0.3, -0.25) is 0 Å². The van der Waals surface area contributed by atoms with Gasteiger partial charge < -0.3 is 20.1 Å². The fourth-order valence-electron chi connectivity index (χ4n) is 1.43. The maximum Gasteiger partial charge on any atom is 0.323 e. The number of ether oxygens (including phenoxy) is 1. The fourth-order valence-corrected chi connectivity index (χ4v) is 1.43. The predicted molar refractivity (Wildman–Crippen MR) is 70.1 cm³/mol. The fraction of sp³-hybridized carbons (Fsp3) is 0.727. The first-order chi connectivity index (χ1) is 8.56. The third kappa shape index (κ3) is 4.33. The van der Waals surface area contributed by atoms with E-state index in [1.165, 1.54) is 0 Å². The first-order valence-corrected chi connectivity index (χ1v) is 6.08. The lowest BCUT2D eigenvalue weighted by Crippen LogP contribution is -2.29. The molecule has 18 heavy (non-hydrogen) atoms. The molecular formula is C11H21N5O2. The number of aromatic nitrogens is 3. The zero-order valence-electron chi connectivity index (χ0n) is 11.3. The van der Waals surface area contributed by atoms with E-state index in [-0.39, 0.29) is 6.01 Å². The van der Waals surface area contributed by atoms with Crippen LogP contribution in [0.15, 0.2) is 0 Å². The molecule has 7 heteroatoms. The van der Waals surface area contributed by atoms with Crippen molar-refractivity contribution in [2.24, 2.45) is 0 Å². The lowest BCUT2D eigenvalue weighted by atomic mass is 10.4. The van der Waals surface area contributed by atoms with Gasteiger partial charge in [0, 0.05) is 20.1 Å². The summed E-state index contributed by atoms with van der Waals surface area (Å²) in [5.41, 5.74) is 0. The Balaban J connectivity index is 2.94. The normalized spacial score (nSPS) is 12.1. The van der Waals surface area contributed by atoms with Gasteiger partial charge in [-0.2, -0.15) is 15.0 Å². The molecule has 7 nitrogen and oxygen atoms in total. The summed E-state index contributed by atoms with van der Waals surface area (Å²) < 4.78 is 5.30. The molecule has 1 aromatic heterocycles. The largest absolute Gasteiger partial charge is 0.464 e. The number of aliphatic hydroxyl groups excluding tert-OH is 1. The number of hydrogen-bond acceptors (Lipinski definition) is 7. The van der Waals surface area contributed by atoms with Gasteiger partial charge >= 0.3 is 6.01 Å². The van der Waals surface area contributed by atoms with E-state index in [2.05, 4.69) is 20.3 Å². The average Bonchev–Trinajstić information content (AvgIpc) is 2.28. The van der Waals surface area contributed by atoms with Crippen molar-refractivity contribution >= 4 is 11.9 Å². The van der Waals surface area contributed by atoms with Crippen LogP contribution in [0.25, 0.3) is 0 Å². The molecule has 1 unspecified atom stereocenters. The highest BCUT2D eigenvalue weighted by molar-refractivity contribution is 5.37. The van der Waals surface area contributed by atoms with Crippen molar-refractivity contribution in [3.05, 3.63) is 0 Å². The molecule has 1 heterocycles. The summed E-state index contributed by atoms with van der Waals surface area (Å²) in [5.74, 6) is 0.952. The molecule has 0 aliphatic rings. The smallest absolute Gasteiger partial charge is 0.323 e. The van der Waals surface area contributed by atoms with Crippen LogP contribution in [0.4, 0.5) is 11.9 Å². The van der Waals surface area contributed by atoms with Crippen LogP contribution in [0.1, 0.15) is 20.8 Å². The van der Waals surface area contributed by atoms with E-state index in [0.29, 0.717) is 25.0 Å². The maximum absolute atomic E-state index is 9.37. The molecule has 0 saturated heterocycles. The van der Waals surface area contributed by atoms with E-state index in [9.17, 15) is 5.11 Å². The van der Waals surface area contributed by atoms with Crippen LogP contribution in [0.5, 0.6) is 6.01 Å². The van der Waals surface area contributed by atoms with Crippen LogP contribution in [0.3, 0.4) is 0 Å². The second kappa shape index (κ2) is 6.95. The SMILES string of the molecule is CCNc1nc(OCC)nc(N(C)CC(C)O)n1. The number of hydrogen-bond donors (Lipinski definition) is 2. The zero-order valence-corrected chi connectivity index (χ0v) is 11.3. The van der Waals surface area contributed by atoms with E-state index in [0.717, 1.165) is 6.54 Å². The molecule has 0 fully saturated rings. The van der Waals surface area contributed by atoms with Gasteiger partial charge in [-0.25, -0.2) is 0 Å². The molecule has 0 bridgehead atoms. The summed E-state index contributed by atoms with van der Waals surface area (Å²) in [4.78, 5) is 14.3. The molecule has 0 aromatic carbocycles. The van der Waals surface area contributed by atoms with Crippen molar-refractivity contribution in [1.29, 1.82) is 0 Å². The first kappa shape index (κ1) is 14.4. The van der Waals surface area contributed by atoms with E-state index < -0.39 is 6.10 Å². The highest BCUT2D eigenvalue weighted by atomic mass is 16.5. The number of likely N-dealkylation sites (N-methyl/N-ethyl adjacent to an activating group) is 1. The van der Waals surface area contributed by atoms with Crippen LogP contribution >= 0.6 is 0 Å². The Morgan fingerprint density at radius 1 is 1.33 bits per heavy atom. The molecule has 0 aliphatic heterocycles. The number of aliphatic hydroxyl groups is 1. The van der Waals surface area contributed by atoms with E-state index >= 15 is 0 Å². The van der Waals surface area contributed by atoms with Crippen LogP contribution in [-0.2, 0) is 0 Å². The molecular weight excluding hydrogens is 234 g/mol. The number of rotatable bonds is 7. The Hall–Kier alpha value is -1.63. The van der Waals surface area contributed by atoms with Crippen molar-refractivity contribution in [2.75, 3.05) is 37.0 Å². The van der Waals surface area contributed by atoms with Crippen LogP contribution in [0, 0.1) is 0 Å². The van der Waals surface area contributed by atoms with Crippen molar-refractivity contribution in [3.63, 3.8) is 0 Å². The van der Waals surface area contributed by atoms with E-state index in [1.54, 1.807) is 11.8 Å². The minimum Gasteiger partial charge on any atom is -0.464 e. The molecule has 1 aromatic rings. The van der Waals surface area contributed by atoms with Gasteiger partial charge in [0.05, 0.1) is 12.7 Å². The van der Waals surface area contributed by atoms with E-state index in [1.807, 2.05) is 20.9 Å². The molecule has 0 saturated carbocycles. The number of nitrogens with one attached hydrogen (secondary N) is 1. The van der Waals surface area contributed by atoms with Gasteiger partial charge in [-0.15, -0.1) is 0 Å². The topological polar surface area (TPSA) is 83.4 Å². The second-order valence-corrected chi connectivity index (χ2v) is 3.93. The van der Waals surface area contributed by atoms with Crippen molar-refractivity contribution in [3.8, 4) is 6.01 Å². The maximum atomic E-state index is 9.37. The minimum absolute atomic E-state index is 0.288. The number of anilines is 2. The molecule has 0 spiro atoms. The van der Waals surface area contributed by atoms with Gasteiger partial charge in [0.2, 0.25) is 11.9 Å². The van der Waals surface area contributed by atoms with Gasteiger partial charge in [0.25, 0.3) is 0 Å². The van der Waals surface area contributed by atoms with E-state index in [4.69, 9.17) is 4.74 Å². The molecule has 1 atom stereocenters. The van der Waals surface area contributed by atoms with Gasteiger partial charge in [0.15, 0.2) is 0 Å².